The highest BCUT2D eigenvalue weighted by atomic mass is 32.1. The Hall–Kier alpha value is -4.10. The van der Waals surface area contributed by atoms with E-state index in [1.54, 1.807) is 0 Å². The molecule has 6 nitrogen and oxygen atoms in total. The molecule has 0 saturated heterocycles. The summed E-state index contributed by atoms with van der Waals surface area (Å²) in [5, 5.41) is 14.2. The van der Waals surface area contributed by atoms with Crippen LogP contribution in [0.5, 0.6) is 0 Å². The smallest absolute Gasteiger partial charge is 0.270 e. The first-order valence-electron chi connectivity index (χ1n) is 10.5. The first-order chi connectivity index (χ1) is 16.3. The number of rotatable bonds is 7. The van der Waals surface area contributed by atoms with Gasteiger partial charge >= 0.3 is 0 Å². The van der Waals surface area contributed by atoms with Gasteiger partial charge in [-0.3, -0.25) is 4.79 Å². The van der Waals surface area contributed by atoms with E-state index in [4.69, 9.17) is 4.98 Å². The van der Waals surface area contributed by atoms with Crippen molar-refractivity contribution in [1.29, 1.82) is 0 Å². The van der Waals surface area contributed by atoms with E-state index in [2.05, 4.69) is 51.9 Å². The number of benzene rings is 3. The molecule has 162 valence electrons. The lowest BCUT2D eigenvalue weighted by Crippen LogP contribution is -2.38. The molecule has 2 heterocycles. The number of nitrogens with one attached hydrogen (secondary N) is 1. The van der Waals surface area contributed by atoms with Crippen LogP contribution >= 0.6 is 11.3 Å². The van der Waals surface area contributed by atoms with Gasteiger partial charge in [0.05, 0.1) is 24.5 Å². The van der Waals surface area contributed by atoms with Gasteiger partial charge in [-0.2, -0.15) is 10.2 Å². The van der Waals surface area contributed by atoms with Crippen molar-refractivity contribution in [3.05, 3.63) is 131 Å². The molecule has 0 atom stereocenters. The maximum Gasteiger partial charge on any atom is 0.270 e. The van der Waals surface area contributed by atoms with Crippen molar-refractivity contribution in [2.75, 3.05) is 5.32 Å². The molecule has 0 spiro atoms. The molecule has 1 N–H and O–H groups in total. The Bertz CT molecular complexity index is 1220. The van der Waals surface area contributed by atoms with Gasteiger partial charge < -0.3 is 5.32 Å². The van der Waals surface area contributed by atoms with Crippen LogP contribution in [0.3, 0.4) is 0 Å². The van der Waals surface area contributed by atoms with Crippen molar-refractivity contribution in [2.45, 2.75) is 12.0 Å². The summed E-state index contributed by atoms with van der Waals surface area (Å²) < 4.78 is 0. The summed E-state index contributed by atoms with van der Waals surface area (Å²) in [5.41, 5.74) is 3.29. The number of aromatic nitrogens is 4. The zero-order valence-electron chi connectivity index (χ0n) is 17.7. The number of carbonyl (C=O) groups excluding carboxylic acids is 1. The molecule has 0 radical (unpaired) electrons. The summed E-state index contributed by atoms with van der Waals surface area (Å²) in [5.74, 6) is -0.225. The van der Waals surface area contributed by atoms with E-state index in [9.17, 15) is 4.79 Å². The molecule has 2 aromatic heterocycles. The van der Waals surface area contributed by atoms with Gasteiger partial charge in [-0.05, 0) is 16.7 Å². The molecule has 0 aliphatic heterocycles. The Morgan fingerprint density at radius 3 is 1.76 bits per heavy atom. The topological polar surface area (TPSA) is 72.7 Å². The second-order valence-corrected chi connectivity index (χ2v) is 8.36. The molecule has 3 aromatic carbocycles. The predicted octanol–water partition coefficient (Wildman–Crippen LogP) is 5.02. The molecular formula is C26H21N5OS. The molecule has 5 rings (SSSR count). The van der Waals surface area contributed by atoms with Gasteiger partial charge in [0.1, 0.15) is 5.54 Å². The lowest BCUT2D eigenvalue weighted by Gasteiger charge is -2.36. The molecule has 33 heavy (non-hydrogen) atoms. The van der Waals surface area contributed by atoms with Crippen molar-refractivity contribution in [3.63, 3.8) is 0 Å². The third-order valence-electron chi connectivity index (χ3n) is 5.44. The summed E-state index contributed by atoms with van der Waals surface area (Å²) in [6.45, 7) is 0. The minimum atomic E-state index is -0.660. The van der Waals surface area contributed by atoms with Gasteiger partial charge in [-0.1, -0.05) is 91.0 Å². The predicted molar refractivity (Wildman–Crippen MR) is 129 cm³/mol. The van der Waals surface area contributed by atoms with Crippen molar-refractivity contribution >= 4 is 22.4 Å². The average Bonchev–Trinajstić information content (AvgIpc) is 3.57. The highest BCUT2D eigenvalue weighted by Gasteiger charge is 2.37. The van der Waals surface area contributed by atoms with Gasteiger partial charge in [0, 0.05) is 5.38 Å². The summed E-state index contributed by atoms with van der Waals surface area (Å²) >= 11 is 1.48. The highest BCUT2D eigenvalue weighted by Crippen LogP contribution is 2.40. The standard InChI is InChI=1S/C26H21N5OS/c32-24(31-27-16-17-28-31)18-23-19-33-25(29-23)30-26(20-10-4-1-5-11-20,21-12-6-2-7-13-21)22-14-8-3-9-15-22/h1-17,19H,18H2,(H,29,30). The fraction of sp³-hybridized carbons (Fsp3) is 0.0769. The Morgan fingerprint density at radius 1 is 0.788 bits per heavy atom. The largest absolute Gasteiger partial charge is 0.344 e. The number of nitrogens with zero attached hydrogens (tertiary/aromatic N) is 4. The first kappa shape index (κ1) is 20.8. The average molecular weight is 452 g/mol. The van der Waals surface area contributed by atoms with Crippen LogP contribution < -0.4 is 5.32 Å². The van der Waals surface area contributed by atoms with Gasteiger partial charge in [0.25, 0.3) is 5.91 Å². The van der Waals surface area contributed by atoms with Crippen molar-refractivity contribution < 1.29 is 4.79 Å². The molecule has 0 bridgehead atoms. The first-order valence-corrected chi connectivity index (χ1v) is 11.4. The lowest BCUT2D eigenvalue weighted by molar-refractivity contribution is 0.0878. The van der Waals surface area contributed by atoms with E-state index in [-0.39, 0.29) is 12.3 Å². The molecule has 0 saturated carbocycles. The van der Waals surface area contributed by atoms with E-state index in [1.165, 1.54) is 23.7 Å². The number of thiazole rings is 1. The normalized spacial score (nSPS) is 11.3. The SMILES string of the molecule is O=C(Cc1csc(NC(c2ccccc2)(c2ccccc2)c2ccccc2)n1)n1nccn1. The van der Waals surface area contributed by atoms with Crippen molar-refractivity contribution in [1.82, 2.24) is 20.0 Å². The molecule has 0 aliphatic carbocycles. The summed E-state index contributed by atoms with van der Waals surface area (Å²) in [6, 6.07) is 31.0. The number of hydrogen-bond donors (Lipinski definition) is 1. The molecule has 0 amide bonds. The maximum absolute atomic E-state index is 12.4. The van der Waals surface area contributed by atoms with Gasteiger partial charge in [-0.25, -0.2) is 4.98 Å². The third kappa shape index (κ3) is 4.18. The van der Waals surface area contributed by atoms with E-state index in [0.717, 1.165) is 26.6 Å². The molecule has 7 heteroatoms. The Kier molecular flexibility index (Phi) is 5.78. The van der Waals surface area contributed by atoms with Crippen molar-refractivity contribution in [2.24, 2.45) is 0 Å². The summed E-state index contributed by atoms with van der Waals surface area (Å²) in [4.78, 5) is 18.2. The van der Waals surface area contributed by atoms with Crippen LogP contribution in [0, 0.1) is 0 Å². The minimum Gasteiger partial charge on any atom is -0.344 e. The Balaban J connectivity index is 1.57. The fourth-order valence-electron chi connectivity index (χ4n) is 3.96. The maximum atomic E-state index is 12.4. The third-order valence-corrected chi connectivity index (χ3v) is 6.25. The van der Waals surface area contributed by atoms with Crippen molar-refractivity contribution in [3.8, 4) is 0 Å². The van der Waals surface area contributed by atoms with Crippen LogP contribution in [-0.2, 0) is 12.0 Å². The van der Waals surface area contributed by atoms with Crippen LogP contribution in [-0.4, -0.2) is 25.9 Å². The summed E-state index contributed by atoms with van der Waals surface area (Å²) in [6.07, 6.45) is 3.10. The summed E-state index contributed by atoms with van der Waals surface area (Å²) in [7, 11) is 0. The van der Waals surface area contributed by atoms with Gasteiger partial charge in [0.2, 0.25) is 0 Å². The Labute approximate surface area is 195 Å². The monoisotopic (exact) mass is 451 g/mol. The van der Waals surface area contributed by atoms with Crippen LogP contribution in [0.15, 0.2) is 109 Å². The zero-order chi connectivity index (χ0) is 22.5. The highest BCUT2D eigenvalue weighted by molar-refractivity contribution is 7.13. The lowest BCUT2D eigenvalue weighted by atomic mass is 9.77. The van der Waals surface area contributed by atoms with Crippen LogP contribution in [0.4, 0.5) is 5.13 Å². The second kappa shape index (κ2) is 9.18. The molecular weight excluding hydrogens is 430 g/mol. The van der Waals surface area contributed by atoms with Crippen LogP contribution in [0.25, 0.3) is 0 Å². The van der Waals surface area contributed by atoms with E-state index in [0.29, 0.717) is 5.69 Å². The fourth-order valence-corrected chi connectivity index (χ4v) is 4.72. The quantitative estimate of drug-likeness (QED) is 0.352. The molecule has 0 aliphatic rings. The molecule has 5 aromatic rings. The molecule has 0 unspecified atom stereocenters. The second-order valence-electron chi connectivity index (χ2n) is 7.51. The number of hydrogen-bond acceptors (Lipinski definition) is 6. The van der Waals surface area contributed by atoms with E-state index < -0.39 is 5.54 Å². The zero-order valence-corrected chi connectivity index (χ0v) is 18.5. The van der Waals surface area contributed by atoms with Crippen LogP contribution in [0.2, 0.25) is 0 Å². The Morgan fingerprint density at radius 2 is 1.27 bits per heavy atom. The minimum absolute atomic E-state index is 0.127. The van der Waals surface area contributed by atoms with Crippen LogP contribution in [0.1, 0.15) is 27.2 Å². The van der Waals surface area contributed by atoms with Gasteiger partial charge in [0.15, 0.2) is 5.13 Å². The van der Waals surface area contributed by atoms with E-state index in [1.807, 2.05) is 60.0 Å². The molecule has 0 fully saturated rings. The van der Waals surface area contributed by atoms with E-state index >= 15 is 0 Å². The number of anilines is 1. The number of carbonyl (C=O) groups is 1. The van der Waals surface area contributed by atoms with Gasteiger partial charge in [-0.15, -0.1) is 16.1 Å².